The molecule has 0 aromatic heterocycles. The van der Waals surface area contributed by atoms with Gasteiger partial charge in [0.25, 0.3) is 0 Å². The summed E-state index contributed by atoms with van der Waals surface area (Å²) >= 11 is 0. The van der Waals surface area contributed by atoms with Crippen LogP contribution in [0.2, 0.25) is 0 Å². The molecule has 0 unspecified atom stereocenters. The number of imide groups is 1. The molecule has 1 heterocycles. The number of ether oxygens (including phenoxy) is 1. The van der Waals surface area contributed by atoms with Crippen molar-refractivity contribution in [1.29, 1.82) is 0 Å². The van der Waals surface area contributed by atoms with Crippen molar-refractivity contribution in [3.05, 3.63) is 29.8 Å². The zero-order chi connectivity index (χ0) is 13.0. The first kappa shape index (κ1) is 12.6. The van der Waals surface area contributed by atoms with Gasteiger partial charge in [0.05, 0.1) is 13.5 Å². The Balaban J connectivity index is 1.99. The lowest BCUT2D eigenvalue weighted by atomic mass is 10.1. The van der Waals surface area contributed by atoms with Crippen molar-refractivity contribution in [3.8, 4) is 5.75 Å². The van der Waals surface area contributed by atoms with E-state index in [2.05, 4.69) is 0 Å². The minimum atomic E-state index is -0.107. The summed E-state index contributed by atoms with van der Waals surface area (Å²) in [6, 6.07) is 7.34. The number of methoxy groups -OCH3 is 1. The van der Waals surface area contributed by atoms with Crippen LogP contribution in [0.5, 0.6) is 5.75 Å². The van der Waals surface area contributed by atoms with E-state index < -0.39 is 0 Å². The van der Waals surface area contributed by atoms with Crippen molar-refractivity contribution in [3.63, 3.8) is 0 Å². The molecule has 0 bridgehead atoms. The summed E-state index contributed by atoms with van der Waals surface area (Å²) in [5, 5.41) is 0. The van der Waals surface area contributed by atoms with Crippen LogP contribution < -0.4 is 4.74 Å². The van der Waals surface area contributed by atoms with Crippen molar-refractivity contribution in [1.82, 2.24) is 4.90 Å². The van der Waals surface area contributed by atoms with Gasteiger partial charge in [-0.05, 0) is 30.5 Å². The number of hydrogen-bond donors (Lipinski definition) is 0. The van der Waals surface area contributed by atoms with E-state index >= 15 is 0 Å². The van der Waals surface area contributed by atoms with E-state index in [1.807, 2.05) is 24.3 Å². The maximum absolute atomic E-state index is 12.0. The van der Waals surface area contributed by atoms with Gasteiger partial charge < -0.3 is 4.74 Å². The van der Waals surface area contributed by atoms with E-state index in [4.69, 9.17) is 4.74 Å². The highest BCUT2D eigenvalue weighted by Crippen LogP contribution is 2.15. The highest BCUT2D eigenvalue weighted by molar-refractivity contribution is 5.96. The molecule has 0 aliphatic carbocycles. The smallest absolute Gasteiger partial charge is 0.233 e. The van der Waals surface area contributed by atoms with Gasteiger partial charge in [0, 0.05) is 13.0 Å². The van der Waals surface area contributed by atoms with Crippen LogP contribution in [-0.2, 0) is 16.0 Å². The SMILES string of the molecule is COc1ccc(CC(=O)N2CCCCC2=O)cc1. The molecule has 2 rings (SSSR count). The molecular weight excluding hydrogens is 230 g/mol. The van der Waals surface area contributed by atoms with E-state index in [1.165, 1.54) is 4.90 Å². The Bertz CT molecular complexity index is 439. The highest BCUT2D eigenvalue weighted by Gasteiger charge is 2.23. The first-order valence-corrected chi connectivity index (χ1v) is 6.17. The van der Waals surface area contributed by atoms with E-state index in [-0.39, 0.29) is 18.2 Å². The van der Waals surface area contributed by atoms with Crippen LogP contribution in [0, 0.1) is 0 Å². The number of likely N-dealkylation sites (tertiary alicyclic amines) is 1. The fraction of sp³-hybridized carbons (Fsp3) is 0.429. The topological polar surface area (TPSA) is 46.6 Å². The van der Waals surface area contributed by atoms with Gasteiger partial charge in [0.1, 0.15) is 5.75 Å². The maximum atomic E-state index is 12.0. The third-order valence-electron chi connectivity index (χ3n) is 3.14. The lowest BCUT2D eigenvalue weighted by Crippen LogP contribution is -2.41. The lowest BCUT2D eigenvalue weighted by molar-refractivity contribution is -0.146. The summed E-state index contributed by atoms with van der Waals surface area (Å²) in [7, 11) is 1.60. The minimum Gasteiger partial charge on any atom is -0.497 e. The minimum absolute atomic E-state index is 0.0419. The van der Waals surface area contributed by atoms with Gasteiger partial charge in [-0.15, -0.1) is 0 Å². The summed E-state index contributed by atoms with van der Waals surface area (Å²) in [4.78, 5) is 25.0. The largest absolute Gasteiger partial charge is 0.497 e. The van der Waals surface area contributed by atoms with Crippen LogP contribution >= 0.6 is 0 Å². The second kappa shape index (κ2) is 5.67. The van der Waals surface area contributed by atoms with Crippen LogP contribution in [0.15, 0.2) is 24.3 Å². The monoisotopic (exact) mass is 247 g/mol. The molecule has 1 saturated heterocycles. The predicted molar refractivity (Wildman–Crippen MR) is 67.3 cm³/mol. The number of amides is 2. The molecule has 1 aliphatic rings. The molecule has 1 aliphatic heterocycles. The number of hydrogen-bond acceptors (Lipinski definition) is 3. The standard InChI is InChI=1S/C14H17NO3/c1-18-12-7-5-11(6-8-12)10-14(17)15-9-3-2-4-13(15)16/h5-8H,2-4,9-10H2,1H3. The average molecular weight is 247 g/mol. The summed E-state index contributed by atoms with van der Waals surface area (Å²) in [6.07, 6.45) is 2.58. The number of benzene rings is 1. The fourth-order valence-electron chi connectivity index (χ4n) is 2.08. The van der Waals surface area contributed by atoms with Crippen molar-refractivity contribution in [2.45, 2.75) is 25.7 Å². The van der Waals surface area contributed by atoms with E-state index in [1.54, 1.807) is 7.11 Å². The number of carbonyl (C=O) groups excluding carboxylic acids is 2. The van der Waals surface area contributed by atoms with Gasteiger partial charge in [-0.25, -0.2) is 0 Å². The number of rotatable bonds is 3. The lowest BCUT2D eigenvalue weighted by Gasteiger charge is -2.24. The number of piperidine rings is 1. The molecule has 1 aromatic rings. The molecule has 0 radical (unpaired) electrons. The second-order valence-corrected chi connectivity index (χ2v) is 4.42. The Labute approximate surface area is 107 Å². The Morgan fingerprint density at radius 3 is 2.61 bits per heavy atom. The van der Waals surface area contributed by atoms with Crippen molar-refractivity contribution in [2.75, 3.05) is 13.7 Å². The van der Waals surface area contributed by atoms with Crippen LogP contribution in [0.4, 0.5) is 0 Å². The average Bonchev–Trinajstić information content (AvgIpc) is 2.40. The highest BCUT2D eigenvalue weighted by atomic mass is 16.5. The molecular formula is C14H17NO3. The number of nitrogens with zero attached hydrogens (tertiary/aromatic N) is 1. The number of carbonyl (C=O) groups is 2. The molecule has 0 atom stereocenters. The summed E-state index contributed by atoms with van der Waals surface area (Å²) < 4.78 is 5.06. The Morgan fingerprint density at radius 1 is 1.28 bits per heavy atom. The third kappa shape index (κ3) is 2.88. The van der Waals surface area contributed by atoms with Gasteiger partial charge in [0.2, 0.25) is 11.8 Å². The predicted octanol–water partition coefficient (Wildman–Crippen LogP) is 1.78. The first-order chi connectivity index (χ1) is 8.70. The first-order valence-electron chi connectivity index (χ1n) is 6.17. The van der Waals surface area contributed by atoms with E-state index in [0.29, 0.717) is 13.0 Å². The second-order valence-electron chi connectivity index (χ2n) is 4.42. The molecule has 1 aromatic carbocycles. The molecule has 18 heavy (non-hydrogen) atoms. The Hall–Kier alpha value is -1.84. The van der Waals surface area contributed by atoms with Crippen LogP contribution in [-0.4, -0.2) is 30.4 Å². The van der Waals surface area contributed by atoms with E-state index in [9.17, 15) is 9.59 Å². The normalized spacial score (nSPS) is 15.6. The van der Waals surface area contributed by atoms with Crippen molar-refractivity contribution >= 4 is 11.8 Å². The molecule has 4 nitrogen and oxygen atoms in total. The zero-order valence-electron chi connectivity index (χ0n) is 10.5. The van der Waals surface area contributed by atoms with E-state index in [0.717, 1.165) is 24.2 Å². The molecule has 96 valence electrons. The molecule has 2 amide bonds. The van der Waals surface area contributed by atoms with Gasteiger partial charge in [-0.3, -0.25) is 14.5 Å². The molecule has 1 fully saturated rings. The summed E-state index contributed by atoms with van der Waals surface area (Å²) in [6.45, 7) is 0.563. The summed E-state index contributed by atoms with van der Waals surface area (Å²) in [5.74, 6) is 0.616. The molecule has 4 heteroatoms. The van der Waals surface area contributed by atoms with Gasteiger partial charge >= 0.3 is 0 Å². The van der Waals surface area contributed by atoms with Crippen LogP contribution in [0.3, 0.4) is 0 Å². The summed E-state index contributed by atoms with van der Waals surface area (Å²) in [5.41, 5.74) is 0.902. The van der Waals surface area contributed by atoms with Crippen LogP contribution in [0.1, 0.15) is 24.8 Å². The van der Waals surface area contributed by atoms with Gasteiger partial charge in [-0.1, -0.05) is 12.1 Å². The molecule has 0 N–H and O–H groups in total. The molecule has 0 saturated carbocycles. The molecule has 0 spiro atoms. The quantitative estimate of drug-likeness (QED) is 0.818. The van der Waals surface area contributed by atoms with Crippen molar-refractivity contribution in [2.24, 2.45) is 0 Å². The zero-order valence-corrected chi connectivity index (χ0v) is 10.5. The maximum Gasteiger partial charge on any atom is 0.233 e. The Kier molecular flexibility index (Phi) is 3.97. The van der Waals surface area contributed by atoms with Crippen LogP contribution in [0.25, 0.3) is 0 Å². The van der Waals surface area contributed by atoms with Gasteiger partial charge in [0.15, 0.2) is 0 Å². The van der Waals surface area contributed by atoms with Crippen molar-refractivity contribution < 1.29 is 14.3 Å². The Morgan fingerprint density at radius 2 is 2.00 bits per heavy atom. The third-order valence-corrected chi connectivity index (χ3v) is 3.14. The fourth-order valence-corrected chi connectivity index (χ4v) is 2.08. The van der Waals surface area contributed by atoms with Gasteiger partial charge in [-0.2, -0.15) is 0 Å².